The van der Waals surface area contributed by atoms with E-state index in [1.165, 1.54) is 11.3 Å². The molecule has 0 aliphatic rings. The molecule has 2 aromatic heterocycles. The number of urea groups is 1. The van der Waals surface area contributed by atoms with Crippen LogP contribution in [0, 0.1) is 0 Å². The van der Waals surface area contributed by atoms with E-state index in [0.29, 0.717) is 27.4 Å². The second kappa shape index (κ2) is 7.31. The third-order valence-corrected chi connectivity index (χ3v) is 5.13. The first-order valence-electron chi connectivity index (χ1n) is 6.60. The highest BCUT2D eigenvalue weighted by Crippen LogP contribution is 2.32. The van der Waals surface area contributed by atoms with E-state index >= 15 is 0 Å². The fourth-order valence-electron chi connectivity index (χ4n) is 1.87. The number of carbonyl (C=O) groups is 1. The Bertz CT molecular complexity index is 818. The predicted octanol–water partition coefficient (Wildman–Crippen LogP) is 5.50. The van der Waals surface area contributed by atoms with Crippen LogP contribution in [0.5, 0.6) is 0 Å². The van der Waals surface area contributed by atoms with Crippen LogP contribution in [0.15, 0.2) is 41.1 Å². The van der Waals surface area contributed by atoms with Gasteiger partial charge in [0.15, 0.2) is 5.13 Å². The number of nitrogens with zero attached hydrogens (tertiary/aromatic N) is 1. The zero-order chi connectivity index (χ0) is 16.2. The van der Waals surface area contributed by atoms with Crippen LogP contribution in [0.25, 0.3) is 11.3 Å². The van der Waals surface area contributed by atoms with Crippen molar-refractivity contribution < 1.29 is 4.79 Å². The smallest absolute Gasteiger partial charge is 0.321 e. The molecule has 3 aromatic rings. The van der Waals surface area contributed by atoms with Gasteiger partial charge in [-0.25, -0.2) is 9.78 Å². The number of aromatic nitrogens is 1. The van der Waals surface area contributed by atoms with Crippen LogP contribution in [-0.2, 0) is 6.54 Å². The number of halogens is 2. The first-order valence-corrected chi connectivity index (χ1v) is 9.11. The molecule has 0 radical (unpaired) electrons. The minimum absolute atomic E-state index is 0.295. The molecule has 0 saturated carbocycles. The molecule has 8 heteroatoms. The highest BCUT2D eigenvalue weighted by atomic mass is 35.5. The Morgan fingerprint density at radius 1 is 1.22 bits per heavy atom. The molecule has 2 amide bonds. The molecule has 1 aromatic carbocycles. The van der Waals surface area contributed by atoms with Crippen molar-refractivity contribution in [2.45, 2.75) is 6.54 Å². The van der Waals surface area contributed by atoms with Gasteiger partial charge >= 0.3 is 6.03 Å². The van der Waals surface area contributed by atoms with E-state index in [1.807, 2.05) is 22.9 Å². The van der Waals surface area contributed by atoms with Gasteiger partial charge in [-0.05, 0) is 29.6 Å². The van der Waals surface area contributed by atoms with Crippen LogP contribution in [0.1, 0.15) is 4.88 Å². The number of carbonyl (C=O) groups excluding carboxylic acids is 1. The summed E-state index contributed by atoms with van der Waals surface area (Å²) in [5.74, 6) is 0. The van der Waals surface area contributed by atoms with E-state index in [-0.39, 0.29) is 6.03 Å². The predicted molar refractivity (Wildman–Crippen MR) is 97.7 cm³/mol. The van der Waals surface area contributed by atoms with Gasteiger partial charge in [0, 0.05) is 20.8 Å². The van der Waals surface area contributed by atoms with E-state index in [1.54, 1.807) is 29.5 Å². The van der Waals surface area contributed by atoms with Gasteiger partial charge in [-0.3, -0.25) is 5.32 Å². The molecule has 118 valence electrons. The molecule has 0 unspecified atom stereocenters. The number of hydrogen-bond donors (Lipinski definition) is 2. The highest BCUT2D eigenvalue weighted by Gasteiger charge is 2.11. The summed E-state index contributed by atoms with van der Waals surface area (Å²) in [6.07, 6.45) is 0. The Labute approximate surface area is 151 Å². The van der Waals surface area contributed by atoms with Gasteiger partial charge < -0.3 is 5.32 Å². The average molecular weight is 384 g/mol. The number of nitrogens with one attached hydrogen (secondary N) is 2. The summed E-state index contributed by atoms with van der Waals surface area (Å²) in [6, 6.07) is 8.81. The summed E-state index contributed by atoms with van der Waals surface area (Å²) < 4.78 is 0. The van der Waals surface area contributed by atoms with Crippen LogP contribution >= 0.6 is 45.9 Å². The molecular weight excluding hydrogens is 373 g/mol. The lowest BCUT2D eigenvalue weighted by atomic mass is 10.2. The zero-order valence-electron chi connectivity index (χ0n) is 11.7. The maximum Gasteiger partial charge on any atom is 0.321 e. The molecule has 3 rings (SSSR count). The summed E-state index contributed by atoms with van der Waals surface area (Å²) in [6.45, 7) is 0.488. The summed E-state index contributed by atoms with van der Waals surface area (Å²) in [4.78, 5) is 17.3. The van der Waals surface area contributed by atoms with Crippen molar-refractivity contribution in [1.82, 2.24) is 10.3 Å². The summed E-state index contributed by atoms with van der Waals surface area (Å²) in [5.41, 5.74) is 1.42. The Morgan fingerprint density at radius 2 is 2.09 bits per heavy atom. The maximum absolute atomic E-state index is 11.9. The third kappa shape index (κ3) is 4.23. The molecule has 0 bridgehead atoms. The van der Waals surface area contributed by atoms with Crippen LogP contribution in [0.2, 0.25) is 10.0 Å². The van der Waals surface area contributed by atoms with Gasteiger partial charge in [0.2, 0.25) is 0 Å². The van der Waals surface area contributed by atoms with Gasteiger partial charge in [0.1, 0.15) is 0 Å². The molecular formula is C15H11Cl2N3OS2. The van der Waals surface area contributed by atoms with Crippen molar-refractivity contribution in [1.29, 1.82) is 0 Å². The second-order valence-corrected chi connectivity index (χ2v) is 7.28. The Kier molecular flexibility index (Phi) is 5.17. The number of hydrogen-bond acceptors (Lipinski definition) is 4. The van der Waals surface area contributed by atoms with E-state index in [4.69, 9.17) is 23.2 Å². The first-order chi connectivity index (χ1) is 11.1. The van der Waals surface area contributed by atoms with Gasteiger partial charge in [-0.2, -0.15) is 0 Å². The van der Waals surface area contributed by atoms with E-state index in [9.17, 15) is 4.79 Å². The number of benzene rings is 1. The molecule has 0 aliphatic heterocycles. The van der Waals surface area contributed by atoms with Crippen LogP contribution in [0.4, 0.5) is 9.93 Å². The van der Waals surface area contributed by atoms with Crippen molar-refractivity contribution >= 4 is 57.0 Å². The Hall–Kier alpha value is -1.60. The van der Waals surface area contributed by atoms with Crippen molar-refractivity contribution in [2.75, 3.05) is 5.32 Å². The molecule has 0 saturated heterocycles. The zero-order valence-corrected chi connectivity index (χ0v) is 14.8. The lowest BCUT2D eigenvalue weighted by Crippen LogP contribution is -2.27. The lowest BCUT2D eigenvalue weighted by Gasteiger charge is -2.04. The van der Waals surface area contributed by atoms with E-state index in [2.05, 4.69) is 15.6 Å². The van der Waals surface area contributed by atoms with E-state index < -0.39 is 0 Å². The summed E-state index contributed by atoms with van der Waals surface area (Å²) in [5, 5.41) is 10.9. The minimum atomic E-state index is -0.295. The van der Waals surface area contributed by atoms with Crippen LogP contribution in [-0.4, -0.2) is 11.0 Å². The highest BCUT2D eigenvalue weighted by molar-refractivity contribution is 7.14. The van der Waals surface area contributed by atoms with Gasteiger partial charge in [0.05, 0.1) is 17.3 Å². The van der Waals surface area contributed by atoms with Crippen molar-refractivity contribution in [3.8, 4) is 11.3 Å². The Morgan fingerprint density at radius 3 is 2.87 bits per heavy atom. The molecule has 2 N–H and O–H groups in total. The first kappa shape index (κ1) is 16.3. The molecule has 2 heterocycles. The summed E-state index contributed by atoms with van der Waals surface area (Å²) in [7, 11) is 0. The SMILES string of the molecule is O=C(NCc1cccs1)Nc1nc(-c2cc(Cl)ccc2Cl)cs1. The lowest BCUT2D eigenvalue weighted by molar-refractivity contribution is 0.252. The number of amides is 2. The van der Waals surface area contributed by atoms with Crippen molar-refractivity contribution in [3.63, 3.8) is 0 Å². The molecule has 4 nitrogen and oxygen atoms in total. The topological polar surface area (TPSA) is 54.0 Å². The molecule has 0 aliphatic carbocycles. The fourth-order valence-corrected chi connectivity index (χ4v) is 3.61. The number of thiophene rings is 1. The standard InChI is InChI=1S/C15H11Cl2N3OS2/c16-9-3-4-12(17)11(6-9)13-8-23-15(19-13)20-14(21)18-7-10-2-1-5-22-10/h1-6,8H,7H2,(H2,18,19,20,21). The van der Waals surface area contributed by atoms with Crippen LogP contribution in [0.3, 0.4) is 0 Å². The number of thiazole rings is 1. The quantitative estimate of drug-likeness (QED) is 0.624. The fraction of sp³-hybridized carbons (Fsp3) is 0.0667. The second-order valence-electron chi connectivity index (χ2n) is 4.55. The molecule has 23 heavy (non-hydrogen) atoms. The number of anilines is 1. The molecule has 0 fully saturated rings. The van der Waals surface area contributed by atoms with Crippen molar-refractivity contribution in [2.24, 2.45) is 0 Å². The van der Waals surface area contributed by atoms with Gasteiger partial charge in [-0.15, -0.1) is 22.7 Å². The largest absolute Gasteiger partial charge is 0.333 e. The normalized spacial score (nSPS) is 10.5. The maximum atomic E-state index is 11.9. The van der Waals surface area contributed by atoms with Crippen molar-refractivity contribution in [3.05, 3.63) is 56.0 Å². The van der Waals surface area contributed by atoms with Gasteiger partial charge in [-0.1, -0.05) is 29.3 Å². The Balaban J connectivity index is 1.65. The third-order valence-electron chi connectivity index (χ3n) is 2.93. The van der Waals surface area contributed by atoms with E-state index in [0.717, 1.165) is 10.4 Å². The molecule has 0 spiro atoms. The monoisotopic (exact) mass is 383 g/mol. The van der Waals surface area contributed by atoms with Gasteiger partial charge in [0.25, 0.3) is 0 Å². The average Bonchev–Trinajstić information content (AvgIpc) is 3.19. The summed E-state index contributed by atoms with van der Waals surface area (Å²) >= 11 is 15.1. The number of rotatable bonds is 4. The minimum Gasteiger partial charge on any atom is -0.333 e. The molecule has 0 atom stereocenters. The van der Waals surface area contributed by atoms with Crippen LogP contribution < -0.4 is 10.6 Å².